The Balaban J connectivity index is 2.12. The third-order valence-electron chi connectivity index (χ3n) is 4.70. The smallest absolute Gasteiger partial charge is 0.261 e. The lowest BCUT2D eigenvalue weighted by Crippen LogP contribution is -2.38. The zero-order valence-electron chi connectivity index (χ0n) is 17.2. The third-order valence-corrected chi connectivity index (χ3v) is 4.70. The Morgan fingerprint density at radius 3 is 2.30 bits per heavy atom. The van der Waals surface area contributed by atoms with Crippen molar-refractivity contribution in [3.63, 3.8) is 0 Å². The molecular weight excluding hydrogens is 342 g/mol. The van der Waals surface area contributed by atoms with Gasteiger partial charge in [-0.05, 0) is 75.6 Å². The molecule has 5 nitrogen and oxygen atoms in total. The summed E-state index contributed by atoms with van der Waals surface area (Å²) >= 11 is 0. The molecule has 2 aromatic rings. The lowest BCUT2D eigenvalue weighted by atomic mass is 10.1. The van der Waals surface area contributed by atoms with Crippen LogP contribution in [0, 0.1) is 20.8 Å². The Kier molecular flexibility index (Phi) is 6.72. The maximum absolute atomic E-state index is 12.7. The molecule has 0 aromatic heterocycles. The second kappa shape index (κ2) is 8.80. The Hall–Kier alpha value is -2.69. The van der Waals surface area contributed by atoms with E-state index in [2.05, 4.69) is 11.4 Å². The molecule has 0 saturated carbocycles. The number of nitrogens with one attached hydrogen (secondary N) is 1. The minimum Gasteiger partial charge on any atom is -0.497 e. The lowest BCUT2D eigenvalue weighted by Gasteiger charge is -2.22. The maximum atomic E-state index is 12.7. The van der Waals surface area contributed by atoms with Gasteiger partial charge >= 0.3 is 0 Å². The van der Waals surface area contributed by atoms with E-state index < -0.39 is 6.10 Å². The Bertz CT molecular complexity index is 816. The SMILES string of the molecule is COc1ccc(OC)c([C@H](C)NC(=O)[C@@H](C)Oc2cc(C)cc(C)c2C)c1. The lowest BCUT2D eigenvalue weighted by molar-refractivity contribution is -0.127. The van der Waals surface area contributed by atoms with Crippen LogP contribution in [0.3, 0.4) is 0 Å². The fourth-order valence-corrected chi connectivity index (χ4v) is 2.95. The van der Waals surface area contributed by atoms with Crippen LogP contribution >= 0.6 is 0 Å². The first-order valence-electron chi connectivity index (χ1n) is 9.03. The minimum atomic E-state index is -0.621. The average Bonchev–Trinajstić information content (AvgIpc) is 2.64. The van der Waals surface area contributed by atoms with Crippen LogP contribution in [-0.2, 0) is 4.79 Å². The van der Waals surface area contributed by atoms with Crippen LogP contribution < -0.4 is 19.5 Å². The number of benzene rings is 2. The van der Waals surface area contributed by atoms with Crippen LogP contribution in [0.2, 0.25) is 0 Å². The van der Waals surface area contributed by atoms with Crippen molar-refractivity contribution in [2.24, 2.45) is 0 Å². The van der Waals surface area contributed by atoms with Gasteiger partial charge in [-0.3, -0.25) is 4.79 Å². The van der Waals surface area contributed by atoms with Crippen molar-refractivity contribution in [1.82, 2.24) is 5.32 Å². The quantitative estimate of drug-likeness (QED) is 0.789. The Labute approximate surface area is 161 Å². The van der Waals surface area contributed by atoms with Crippen LogP contribution in [0.15, 0.2) is 30.3 Å². The first-order chi connectivity index (χ1) is 12.8. The summed E-state index contributed by atoms with van der Waals surface area (Å²) in [6.45, 7) is 9.71. The van der Waals surface area contributed by atoms with E-state index in [4.69, 9.17) is 14.2 Å². The topological polar surface area (TPSA) is 56.8 Å². The van der Waals surface area contributed by atoms with Gasteiger partial charge in [0.05, 0.1) is 20.3 Å². The molecule has 5 heteroatoms. The van der Waals surface area contributed by atoms with Crippen molar-refractivity contribution in [2.45, 2.75) is 46.8 Å². The zero-order chi connectivity index (χ0) is 20.1. The van der Waals surface area contributed by atoms with Crippen LogP contribution in [0.1, 0.15) is 42.1 Å². The number of hydrogen-bond donors (Lipinski definition) is 1. The molecule has 146 valence electrons. The summed E-state index contributed by atoms with van der Waals surface area (Å²) in [5.74, 6) is 1.96. The highest BCUT2D eigenvalue weighted by Gasteiger charge is 2.21. The van der Waals surface area contributed by atoms with Gasteiger partial charge < -0.3 is 19.5 Å². The number of aryl methyl sites for hydroxylation is 2. The fraction of sp³-hybridized carbons (Fsp3) is 0.409. The molecule has 27 heavy (non-hydrogen) atoms. The molecule has 1 amide bonds. The molecule has 0 unspecified atom stereocenters. The molecule has 2 aromatic carbocycles. The van der Waals surface area contributed by atoms with Crippen LogP contribution in [0.4, 0.5) is 0 Å². The molecule has 0 aliphatic heterocycles. The fourth-order valence-electron chi connectivity index (χ4n) is 2.95. The Morgan fingerprint density at radius 2 is 1.67 bits per heavy atom. The van der Waals surface area contributed by atoms with Crippen molar-refractivity contribution in [3.05, 3.63) is 52.6 Å². The normalized spacial score (nSPS) is 12.9. The number of rotatable bonds is 7. The predicted octanol–water partition coefficient (Wildman–Crippen LogP) is 4.27. The van der Waals surface area contributed by atoms with Gasteiger partial charge in [0.1, 0.15) is 17.2 Å². The van der Waals surface area contributed by atoms with Crippen LogP contribution in [0.25, 0.3) is 0 Å². The number of ether oxygens (including phenoxy) is 3. The zero-order valence-corrected chi connectivity index (χ0v) is 17.2. The molecule has 0 bridgehead atoms. The van der Waals surface area contributed by atoms with E-state index in [9.17, 15) is 4.79 Å². The van der Waals surface area contributed by atoms with E-state index in [1.54, 1.807) is 21.1 Å². The van der Waals surface area contributed by atoms with Gasteiger partial charge in [-0.2, -0.15) is 0 Å². The van der Waals surface area contributed by atoms with Crippen molar-refractivity contribution in [3.8, 4) is 17.2 Å². The highest BCUT2D eigenvalue weighted by atomic mass is 16.5. The highest BCUT2D eigenvalue weighted by molar-refractivity contribution is 5.81. The standard InChI is InChI=1S/C22H29NO4/c1-13-10-14(2)15(3)21(11-13)27-17(5)22(24)23-16(4)19-12-18(25-6)8-9-20(19)26-7/h8-12,16-17H,1-7H3,(H,23,24)/t16-,17+/m0/s1. The van der Waals surface area contributed by atoms with Crippen molar-refractivity contribution in [1.29, 1.82) is 0 Å². The number of carbonyl (C=O) groups excluding carboxylic acids is 1. The Morgan fingerprint density at radius 1 is 0.963 bits per heavy atom. The third kappa shape index (κ3) is 4.94. The molecule has 2 atom stereocenters. The summed E-state index contributed by atoms with van der Waals surface area (Å²) in [7, 11) is 3.21. The molecule has 0 heterocycles. The molecule has 2 rings (SSSR count). The van der Waals surface area contributed by atoms with Gasteiger partial charge in [-0.1, -0.05) is 6.07 Å². The summed E-state index contributed by atoms with van der Waals surface area (Å²) in [6, 6.07) is 9.32. The van der Waals surface area contributed by atoms with Crippen LogP contribution in [0.5, 0.6) is 17.2 Å². The van der Waals surface area contributed by atoms with Gasteiger partial charge in [0.2, 0.25) is 0 Å². The van der Waals surface area contributed by atoms with Crippen molar-refractivity contribution < 1.29 is 19.0 Å². The average molecular weight is 371 g/mol. The van der Waals surface area contributed by atoms with E-state index in [1.165, 1.54) is 0 Å². The molecule has 0 spiro atoms. The summed E-state index contributed by atoms with van der Waals surface area (Å²) in [5, 5.41) is 2.99. The van der Waals surface area contributed by atoms with E-state index in [0.717, 1.165) is 28.0 Å². The number of hydrogen-bond acceptors (Lipinski definition) is 4. The second-order valence-electron chi connectivity index (χ2n) is 6.80. The van der Waals surface area contributed by atoms with Gasteiger partial charge in [0.15, 0.2) is 6.10 Å². The molecule has 0 aliphatic rings. The molecular formula is C22H29NO4. The van der Waals surface area contributed by atoms with E-state index >= 15 is 0 Å². The largest absolute Gasteiger partial charge is 0.497 e. The van der Waals surface area contributed by atoms with Gasteiger partial charge in [-0.15, -0.1) is 0 Å². The maximum Gasteiger partial charge on any atom is 0.261 e. The minimum absolute atomic E-state index is 0.189. The molecule has 1 N–H and O–H groups in total. The van der Waals surface area contributed by atoms with Crippen molar-refractivity contribution >= 4 is 5.91 Å². The summed E-state index contributed by atoms with van der Waals surface area (Å²) < 4.78 is 16.6. The molecule has 0 radical (unpaired) electrons. The number of carbonyl (C=O) groups is 1. The van der Waals surface area contributed by atoms with E-state index in [-0.39, 0.29) is 11.9 Å². The molecule has 0 saturated heterocycles. The first-order valence-corrected chi connectivity index (χ1v) is 9.03. The summed E-state index contributed by atoms with van der Waals surface area (Å²) in [5.41, 5.74) is 4.14. The number of methoxy groups -OCH3 is 2. The first kappa shape index (κ1) is 20.6. The molecule has 0 aliphatic carbocycles. The second-order valence-corrected chi connectivity index (χ2v) is 6.80. The van der Waals surface area contributed by atoms with Gasteiger partial charge in [0, 0.05) is 5.56 Å². The number of amides is 1. The van der Waals surface area contributed by atoms with E-state index in [1.807, 2.05) is 52.0 Å². The predicted molar refractivity (Wildman–Crippen MR) is 107 cm³/mol. The summed E-state index contributed by atoms with van der Waals surface area (Å²) in [4.78, 5) is 12.7. The summed E-state index contributed by atoms with van der Waals surface area (Å²) in [6.07, 6.45) is -0.621. The molecule has 0 fully saturated rings. The van der Waals surface area contributed by atoms with Gasteiger partial charge in [-0.25, -0.2) is 0 Å². The van der Waals surface area contributed by atoms with Gasteiger partial charge in [0.25, 0.3) is 5.91 Å². The monoisotopic (exact) mass is 371 g/mol. The van der Waals surface area contributed by atoms with E-state index in [0.29, 0.717) is 11.5 Å². The van der Waals surface area contributed by atoms with Crippen LogP contribution in [-0.4, -0.2) is 26.2 Å². The van der Waals surface area contributed by atoms with Crippen molar-refractivity contribution in [2.75, 3.05) is 14.2 Å². The highest BCUT2D eigenvalue weighted by Crippen LogP contribution is 2.29.